The van der Waals surface area contributed by atoms with Crippen LogP contribution in [0.4, 0.5) is 13.2 Å². The van der Waals surface area contributed by atoms with Crippen LogP contribution < -0.4 is 4.74 Å². The van der Waals surface area contributed by atoms with Crippen molar-refractivity contribution < 1.29 is 17.9 Å². The van der Waals surface area contributed by atoms with Crippen LogP contribution in [0.2, 0.25) is 0 Å². The molecule has 14 heavy (non-hydrogen) atoms. The molecule has 0 aromatic heterocycles. The molecule has 0 spiro atoms. The number of rotatable bonds is 2. The molecule has 0 fully saturated rings. The van der Waals surface area contributed by atoms with Crippen LogP contribution in [0.5, 0.6) is 5.75 Å². The van der Waals surface area contributed by atoms with Crippen molar-refractivity contribution in [3.8, 4) is 5.75 Å². The van der Waals surface area contributed by atoms with E-state index in [-0.39, 0.29) is 5.75 Å². The van der Waals surface area contributed by atoms with Gasteiger partial charge >= 0.3 is 6.36 Å². The lowest BCUT2D eigenvalue weighted by molar-refractivity contribution is -0.274. The quantitative estimate of drug-likeness (QED) is 0.788. The van der Waals surface area contributed by atoms with Gasteiger partial charge in [0, 0.05) is 5.56 Å². The Morgan fingerprint density at radius 2 is 1.86 bits per heavy atom. The lowest BCUT2D eigenvalue weighted by atomic mass is 10.2. The molecule has 0 bridgehead atoms. The van der Waals surface area contributed by atoms with E-state index in [1.165, 1.54) is 29.3 Å². The smallest absolute Gasteiger partial charge is 0.405 e. The summed E-state index contributed by atoms with van der Waals surface area (Å²) < 4.78 is 39.5. The summed E-state index contributed by atoms with van der Waals surface area (Å²) >= 11 is 2.98. The first kappa shape index (κ1) is 11.1. The molecule has 0 atom stereocenters. The number of hydrogen-bond acceptors (Lipinski definition) is 1. The molecule has 0 heterocycles. The average Bonchev–Trinajstić information content (AvgIpc) is 2.06. The van der Waals surface area contributed by atoms with Crippen molar-refractivity contribution in [3.05, 3.63) is 34.8 Å². The fraction of sp³-hybridized carbons (Fsp3) is 0.111. The van der Waals surface area contributed by atoms with E-state index in [1.807, 2.05) is 0 Å². The number of alkyl halides is 3. The summed E-state index contributed by atoms with van der Waals surface area (Å²) in [6.45, 7) is 0. The van der Waals surface area contributed by atoms with Gasteiger partial charge in [0.1, 0.15) is 5.75 Å². The molecule has 76 valence electrons. The first-order valence-electron chi connectivity index (χ1n) is 3.64. The van der Waals surface area contributed by atoms with Gasteiger partial charge < -0.3 is 4.74 Å². The Hall–Kier alpha value is -0.970. The average molecular weight is 267 g/mol. The molecule has 1 aromatic carbocycles. The molecule has 0 unspecified atom stereocenters. The molecule has 1 rings (SSSR count). The Morgan fingerprint density at radius 1 is 1.21 bits per heavy atom. The van der Waals surface area contributed by atoms with Crippen molar-refractivity contribution in [3.63, 3.8) is 0 Å². The first-order valence-corrected chi connectivity index (χ1v) is 4.56. The van der Waals surface area contributed by atoms with E-state index in [2.05, 4.69) is 20.7 Å². The lowest BCUT2D eigenvalue weighted by Crippen LogP contribution is -2.17. The predicted octanol–water partition coefficient (Wildman–Crippen LogP) is 3.95. The van der Waals surface area contributed by atoms with E-state index in [9.17, 15) is 13.2 Å². The topological polar surface area (TPSA) is 9.23 Å². The molecule has 0 aliphatic rings. The van der Waals surface area contributed by atoms with Gasteiger partial charge in [-0.3, -0.25) is 0 Å². The highest BCUT2D eigenvalue weighted by molar-refractivity contribution is 9.11. The van der Waals surface area contributed by atoms with E-state index in [1.54, 1.807) is 6.07 Å². The van der Waals surface area contributed by atoms with Gasteiger partial charge in [0.25, 0.3) is 0 Å². The number of halogens is 4. The zero-order chi connectivity index (χ0) is 10.6. The third-order valence-corrected chi connectivity index (χ3v) is 1.65. The summed E-state index contributed by atoms with van der Waals surface area (Å²) in [6.07, 6.45) is -3.18. The molecular weight excluding hydrogens is 261 g/mol. The zero-order valence-corrected chi connectivity index (χ0v) is 8.47. The van der Waals surface area contributed by atoms with Gasteiger partial charge in [-0.2, -0.15) is 0 Å². The zero-order valence-electron chi connectivity index (χ0n) is 6.88. The summed E-state index contributed by atoms with van der Waals surface area (Å²) in [6, 6.07) is 5.90. The molecule has 0 aliphatic heterocycles. The predicted molar refractivity (Wildman–Crippen MR) is 51.1 cm³/mol. The fourth-order valence-corrected chi connectivity index (χ4v) is 1.19. The lowest BCUT2D eigenvalue weighted by Gasteiger charge is -2.10. The van der Waals surface area contributed by atoms with Gasteiger partial charge in [-0.15, -0.1) is 13.2 Å². The van der Waals surface area contributed by atoms with Gasteiger partial charge in [-0.05, 0) is 17.1 Å². The Morgan fingerprint density at radius 3 is 2.43 bits per heavy atom. The van der Waals surface area contributed by atoms with Crippen molar-refractivity contribution >= 4 is 22.0 Å². The Bertz CT molecular complexity index is 333. The fourth-order valence-electron chi connectivity index (χ4n) is 0.904. The van der Waals surface area contributed by atoms with Gasteiger partial charge in [-0.1, -0.05) is 34.1 Å². The van der Waals surface area contributed by atoms with Gasteiger partial charge in [0.05, 0.1) is 0 Å². The standard InChI is InChI=1S/C9H6BrF3O/c10-6-5-7-3-1-2-4-8(7)14-9(11,12)13/h1-6H/b6-5+. The molecule has 0 aliphatic carbocycles. The van der Waals surface area contributed by atoms with Crippen LogP contribution >= 0.6 is 15.9 Å². The highest BCUT2D eigenvalue weighted by Crippen LogP contribution is 2.27. The Balaban J connectivity index is 2.96. The second-order valence-corrected chi connectivity index (χ2v) is 2.91. The molecular formula is C9H6BrF3O. The normalized spacial score (nSPS) is 12.0. The minimum atomic E-state index is -4.66. The summed E-state index contributed by atoms with van der Waals surface area (Å²) in [5.41, 5.74) is 0.363. The minimum Gasteiger partial charge on any atom is -0.405 e. The van der Waals surface area contributed by atoms with Crippen molar-refractivity contribution in [1.82, 2.24) is 0 Å². The van der Waals surface area contributed by atoms with Crippen molar-refractivity contribution in [2.45, 2.75) is 6.36 Å². The molecule has 1 nitrogen and oxygen atoms in total. The summed E-state index contributed by atoms with van der Waals surface area (Å²) in [5.74, 6) is -0.212. The first-order chi connectivity index (χ1) is 6.53. The molecule has 0 radical (unpaired) electrons. The monoisotopic (exact) mass is 266 g/mol. The van der Waals surface area contributed by atoms with Crippen molar-refractivity contribution in [2.75, 3.05) is 0 Å². The van der Waals surface area contributed by atoms with Gasteiger partial charge in [-0.25, -0.2) is 0 Å². The third-order valence-electron chi connectivity index (χ3n) is 1.39. The molecule has 0 N–H and O–H groups in total. The van der Waals surface area contributed by atoms with Crippen LogP contribution in [0.15, 0.2) is 29.3 Å². The number of benzene rings is 1. The maximum Gasteiger partial charge on any atom is 0.573 e. The van der Waals surface area contributed by atoms with Crippen LogP contribution in [0.25, 0.3) is 6.08 Å². The number of hydrogen-bond donors (Lipinski definition) is 0. The second-order valence-electron chi connectivity index (χ2n) is 2.38. The van der Waals surface area contributed by atoms with Crippen LogP contribution in [0, 0.1) is 0 Å². The van der Waals surface area contributed by atoms with E-state index < -0.39 is 6.36 Å². The summed E-state index contributed by atoms with van der Waals surface area (Å²) in [7, 11) is 0. The largest absolute Gasteiger partial charge is 0.573 e. The second kappa shape index (κ2) is 4.50. The molecule has 0 saturated heterocycles. The van der Waals surface area contributed by atoms with Crippen LogP contribution in [-0.2, 0) is 0 Å². The molecule has 5 heteroatoms. The van der Waals surface area contributed by atoms with Crippen LogP contribution in [0.3, 0.4) is 0 Å². The minimum absolute atomic E-state index is 0.212. The third kappa shape index (κ3) is 3.41. The summed E-state index contributed by atoms with van der Waals surface area (Å²) in [5, 5.41) is 0. The SMILES string of the molecule is FC(F)(F)Oc1ccccc1/C=C/Br. The maximum absolute atomic E-state index is 11.9. The van der Waals surface area contributed by atoms with Crippen molar-refractivity contribution in [2.24, 2.45) is 0 Å². The van der Waals surface area contributed by atoms with E-state index in [0.717, 1.165) is 0 Å². The van der Waals surface area contributed by atoms with E-state index in [0.29, 0.717) is 5.56 Å². The Labute approximate surface area is 87.3 Å². The number of ether oxygens (including phenoxy) is 1. The van der Waals surface area contributed by atoms with Crippen LogP contribution in [-0.4, -0.2) is 6.36 Å². The molecule has 0 saturated carbocycles. The highest BCUT2D eigenvalue weighted by Gasteiger charge is 2.31. The van der Waals surface area contributed by atoms with Crippen molar-refractivity contribution in [1.29, 1.82) is 0 Å². The molecule has 1 aromatic rings. The van der Waals surface area contributed by atoms with E-state index in [4.69, 9.17) is 0 Å². The van der Waals surface area contributed by atoms with E-state index >= 15 is 0 Å². The maximum atomic E-state index is 11.9. The summed E-state index contributed by atoms with van der Waals surface area (Å²) in [4.78, 5) is 1.46. The number of para-hydroxylation sites is 1. The van der Waals surface area contributed by atoms with Gasteiger partial charge in [0.2, 0.25) is 0 Å². The van der Waals surface area contributed by atoms with Gasteiger partial charge in [0.15, 0.2) is 0 Å². The Kier molecular flexibility index (Phi) is 3.57. The van der Waals surface area contributed by atoms with Crippen LogP contribution in [0.1, 0.15) is 5.56 Å². The molecule has 0 amide bonds. The highest BCUT2D eigenvalue weighted by atomic mass is 79.9.